The molecule has 6 heteroatoms. The highest BCUT2D eigenvalue weighted by atomic mass is 32.2. The van der Waals surface area contributed by atoms with Crippen LogP contribution in [-0.2, 0) is 27.7 Å². The van der Waals surface area contributed by atoms with Gasteiger partial charge in [0, 0.05) is 6.04 Å². The number of benzene rings is 1. The molecule has 0 unspecified atom stereocenters. The smallest absolute Gasteiger partial charge is 0.306 e. The molecule has 0 bridgehead atoms. The van der Waals surface area contributed by atoms with E-state index in [1.807, 2.05) is 13.0 Å². The van der Waals surface area contributed by atoms with E-state index in [9.17, 15) is 13.2 Å². The van der Waals surface area contributed by atoms with Crippen molar-refractivity contribution in [2.75, 3.05) is 0 Å². The topological polar surface area (TPSA) is 83.5 Å². The van der Waals surface area contributed by atoms with Gasteiger partial charge in [0.25, 0.3) is 0 Å². The normalized spacial score (nSPS) is 22.0. The molecule has 0 amide bonds. The number of carboxylic acid groups (broad SMARTS) is 1. The molecule has 128 valence electrons. The molecule has 2 rings (SSSR count). The molecule has 0 heterocycles. The van der Waals surface area contributed by atoms with Crippen LogP contribution in [0.15, 0.2) is 23.1 Å². The van der Waals surface area contributed by atoms with Crippen molar-refractivity contribution in [3.8, 4) is 0 Å². The second-order valence-electron chi connectivity index (χ2n) is 6.15. The fraction of sp³-hybridized carbons (Fsp3) is 0.588. The summed E-state index contributed by atoms with van der Waals surface area (Å²) in [5.41, 5.74) is 2.23. The summed E-state index contributed by atoms with van der Waals surface area (Å²) in [6, 6.07) is 5.12. The van der Waals surface area contributed by atoms with Crippen LogP contribution in [-0.4, -0.2) is 25.5 Å². The van der Waals surface area contributed by atoms with Crippen LogP contribution in [0.3, 0.4) is 0 Å². The van der Waals surface area contributed by atoms with Gasteiger partial charge in [0.2, 0.25) is 10.0 Å². The number of aryl methyl sites for hydroxylation is 2. The van der Waals surface area contributed by atoms with Crippen LogP contribution in [0.5, 0.6) is 0 Å². The van der Waals surface area contributed by atoms with E-state index >= 15 is 0 Å². The monoisotopic (exact) mass is 339 g/mol. The number of rotatable bonds is 6. The van der Waals surface area contributed by atoms with E-state index < -0.39 is 16.0 Å². The predicted octanol–water partition coefficient (Wildman–Crippen LogP) is 2.73. The van der Waals surface area contributed by atoms with E-state index in [1.165, 1.54) is 5.56 Å². The van der Waals surface area contributed by atoms with Gasteiger partial charge in [-0.2, -0.15) is 0 Å². The average molecular weight is 339 g/mol. The number of nitrogens with one attached hydrogen (secondary N) is 1. The molecule has 0 saturated heterocycles. The zero-order valence-corrected chi connectivity index (χ0v) is 14.5. The minimum atomic E-state index is -3.55. The van der Waals surface area contributed by atoms with Crippen molar-refractivity contribution in [3.63, 3.8) is 0 Å². The molecule has 1 aromatic carbocycles. The zero-order valence-electron chi connectivity index (χ0n) is 13.7. The Kier molecular flexibility index (Phi) is 5.81. The minimum Gasteiger partial charge on any atom is -0.481 e. The first kappa shape index (κ1) is 17.9. The second-order valence-corrected chi connectivity index (χ2v) is 7.86. The Morgan fingerprint density at radius 1 is 1.13 bits per heavy atom. The third-order valence-corrected chi connectivity index (χ3v) is 6.17. The van der Waals surface area contributed by atoms with Crippen molar-refractivity contribution >= 4 is 16.0 Å². The van der Waals surface area contributed by atoms with Gasteiger partial charge in [0.05, 0.1) is 10.8 Å². The van der Waals surface area contributed by atoms with Gasteiger partial charge in [-0.25, -0.2) is 13.1 Å². The Labute approximate surface area is 138 Å². The maximum atomic E-state index is 12.6. The highest BCUT2D eigenvalue weighted by Gasteiger charge is 2.29. The number of carbonyl (C=O) groups is 1. The Hall–Kier alpha value is -1.40. The Morgan fingerprint density at radius 2 is 1.74 bits per heavy atom. The van der Waals surface area contributed by atoms with Gasteiger partial charge in [0.15, 0.2) is 0 Å². The summed E-state index contributed by atoms with van der Waals surface area (Å²) < 4.78 is 27.9. The summed E-state index contributed by atoms with van der Waals surface area (Å²) in [6.45, 7) is 4.08. The molecule has 0 aliphatic heterocycles. The molecule has 1 saturated carbocycles. The number of hydrogen-bond donors (Lipinski definition) is 2. The first-order valence-electron chi connectivity index (χ1n) is 8.24. The second kappa shape index (κ2) is 7.45. The number of sulfonamides is 1. The predicted molar refractivity (Wildman–Crippen MR) is 88.9 cm³/mol. The molecular formula is C17H25NO4S. The largest absolute Gasteiger partial charge is 0.481 e. The van der Waals surface area contributed by atoms with Gasteiger partial charge >= 0.3 is 5.97 Å². The fourth-order valence-electron chi connectivity index (χ4n) is 3.19. The first-order chi connectivity index (χ1) is 10.9. The molecule has 2 N–H and O–H groups in total. The van der Waals surface area contributed by atoms with Crippen LogP contribution >= 0.6 is 0 Å². The van der Waals surface area contributed by atoms with Gasteiger partial charge < -0.3 is 5.11 Å². The van der Waals surface area contributed by atoms with Crippen LogP contribution < -0.4 is 4.72 Å². The molecule has 5 nitrogen and oxygen atoms in total. The van der Waals surface area contributed by atoms with E-state index in [4.69, 9.17) is 5.11 Å². The lowest BCUT2D eigenvalue weighted by Crippen LogP contribution is -2.38. The highest BCUT2D eigenvalue weighted by Crippen LogP contribution is 2.26. The van der Waals surface area contributed by atoms with Gasteiger partial charge in [-0.05, 0) is 61.8 Å². The minimum absolute atomic E-state index is 0.175. The maximum Gasteiger partial charge on any atom is 0.306 e. The third-order valence-electron chi connectivity index (χ3n) is 4.65. The van der Waals surface area contributed by atoms with Crippen molar-refractivity contribution in [2.24, 2.45) is 5.92 Å². The summed E-state index contributed by atoms with van der Waals surface area (Å²) in [7, 11) is -3.55. The lowest BCUT2D eigenvalue weighted by molar-refractivity contribution is -0.142. The molecule has 0 radical (unpaired) electrons. The summed E-state index contributed by atoms with van der Waals surface area (Å²) in [4.78, 5) is 11.3. The van der Waals surface area contributed by atoms with Crippen LogP contribution in [0.25, 0.3) is 0 Å². The van der Waals surface area contributed by atoms with Crippen LogP contribution in [0.1, 0.15) is 50.7 Å². The standard InChI is InChI=1S/C17H25NO4S/c1-3-12-7-10-16(11-13(12)4-2)23(21,22)18-15-8-5-14(6-9-15)17(19)20/h7,10-11,14-15,18H,3-6,8-9H2,1-2H3,(H,19,20). The van der Waals surface area contributed by atoms with Crippen LogP contribution in [0.2, 0.25) is 0 Å². The Morgan fingerprint density at radius 3 is 2.26 bits per heavy atom. The number of aliphatic carboxylic acids is 1. The fourth-order valence-corrected chi connectivity index (χ4v) is 4.54. The van der Waals surface area contributed by atoms with Crippen molar-refractivity contribution < 1.29 is 18.3 Å². The van der Waals surface area contributed by atoms with Crippen molar-refractivity contribution in [2.45, 2.75) is 63.3 Å². The molecular weight excluding hydrogens is 314 g/mol. The van der Waals surface area contributed by atoms with Gasteiger partial charge in [-0.1, -0.05) is 19.9 Å². The van der Waals surface area contributed by atoms with Crippen LogP contribution in [0, 0.1) is 5.92 Å². The quantitative estimate of drug-likeness (QED) is 0.835. The SMILES string of the molecule is CCc1ccc(S(=O)(=O)NC2CCC(C(=O)O)CC2)cc1CC. The molecule has 1 aromatic rings. The molecule has 1 fully saturated rings. The number of carboxylic acids is 1. The van der Waals surface area contributed by atoms with Crippen LogP contribution in [0.4, 0.5) is 0 Å². The summed E-state index contributed by atoms with van der Waals surface area (Å²) in [5.74, 6) is -1.12. The average Bonchev–Trinajstić information content (AvgIpc) is 2.54. The van der Waals surface area contributed by atoms with E-state index in [-0.39, 0.29) is 12.0 Å². The number of hydrogen-bond acceptors (Lipinski definition) is 3. The molecule has 23 heavy (non-hydrogen) atoms. The van der Waals surface area contributed by atoms with Crippen molar-refractivity contribution in [3.05, 3.63) is 29.3 Å². The van der Waals surface area contributed by atoms with Gasteiger partial charge in [0.1, 0.15) is 0 Å². The summed E-state index contributed by atoms with van der Waals surface area (Å²) in [6.07, 6.45) is 3.88. The summed E-state index contributed by atoms with van der Waals surface area (Å²) in [5, 5.41) is 9.00. The highest BCUT2D eigenvalue weighted by molar-refractivity contribution is 7.89. The van der Waals surface area contributed by atoms with E-state index in [1.54, 1.807) is 12.1 Å². The third kappa shape index (κ3) is 4.32. The molecule has 0 spiro atoms. The van der Waals surface area contributed by atoms with Crippen molar-refractivity contribution in [1.29, 1.82) is 0 Å². The maximum absolute atomic E-state index is 12.6. The lowest BCUT2D eigenvalue weighted by Gasteiger charge is -2.26. The lowest BCUT2D eigenvalue weighted by atomic mass is 9.87. The Balaban J connectivity index is 2.09. The molecule has 0 aromatic heterocycles. The first-order valence-corrected chi connectivity index (χ1v) is 9.72. The molecule has 0 atom stereocenters. The zero-order chi connectivity index (χ0) is 17.0. The molecule has 1 aliphatic carbocycles. The van der Waals surface area contributed by atoms with E-state index in [2.05, 4.69) is 11.6 Å². The summed E-state index contributed by atoms with van der Waals surface area (Å²) >= 11 is 0. The molecule has 1 aliphatic rings. The van der Waals surface area contributed by atoms with E-state index in [0.29, 0.717) is 30.6 Å². The van der Waals surface area contributed by atoms with Gasteiger partial charge in [-0.3, -0.25) is 4.79 Å². The Bertz CT molecular complexity index is 661. The van der Waals surface area contributed by atoms with Crippen molar-refractivity contribution in [1.82, 2.24) is 4.72 Å². The van der Waals surface area contributed by atoms with E-state index in [0.717, 1.165) is 18.4 Å². The van der Waals surface area contributed by atoms with Gasteiger partial charge in [-0.15, -0.1) is 0 Å².